The second-order valence-corrected chi connectivity index (χ2v) is 6.93. The standard InChI is InChI=1S/C15H27N3O2/c1-14(2,11-7-8-11)17-13(19)15(12(16)18-20)9-5-3-4-6-10-15/h11,20H,3-10H2,1-2H3,(H2,16,18)(H,17,19). The number of carbonyl (C=O) groups is 1. The molecule has 2 aliphatic carbocycles. The highest BCUT2D eigenvalue weighted by molar-refractivity contribution is 6.07. The molecule has 1 amide bonds. The molecule has 2 fully saturated rings. The predicted octanol–water partition coefficient (Wildman–Crippen LogP) is 2.38. The van der Waals surface area contributed by atoms with E-state index in [1.807, 2.05) is 0 Å². The van der Waals surface area contributed by atoms with Crippen LogP contribution in [0.25, 0.3) is 0 Å². The number of oxime groups is 1. The van der Waals surface area contributed by atoms with Crippen molar-refractivity contribution < 1.29 is 10.0 Å². The molecule has 0 aromatic heterocycles. The molecule has 0 aromatic carbocycles. The van der Waals surface area contributed by atoms with Gasteiger partial charge in [0.25, 0.3) is 0 Å². The molecule has 0 bridgehead atoms. The van der Waals surface area contributed by atoms with Crippen LogP contribution in [-0.2, 0) is 4.79 Å². The van der Waals surface area contributed by atoms with Crippen molar-refractivity contribution in [3.63, 3.8) is 0 Å². The summed E-state index contributed by atoms with van der Waals surface area (Å²) in [5.41, 5.74) is 4.88. The first-order valence-electron chi connectivity index (χ1n) is 7.73. The van der Waals surface area contributed by atoms with Crippen LogP contribution in [0.1, 0.15) is 65.2 Å². The highest BCUT2D eigenvalue weighted by Crippen LogP contribution is 2.41. The largest absolute Gasteiger partial charge is 0.409 e. The fraction of sp³-hybridized carbons (Fsp3) is 0.867. The second kappa shape index (κ2) is 5.62. The smallest absolute Gasteiger partial charge is 0.234 e. The first kappa shape index (κ1) is 15.1. The molecule has 0 unspecified atom stereocenters. The normalized spacial score (nSPS) is 24.0. The summed E-state index contributed by atoms with van der Waals surface area (Å²) in [5.74, 6) is 0.566. The fourth-order valence-corrected chi connectivity index (χ4v) is 3.35. The molecule has 0 heterocycles. The lowest BCUT2D eigenvalue weighted by atomic mass is 9.77. The maximum Gasteiger partial charge on any atom is 0.234 e. The van der Waals surface area contributed by atoms with Crippen LogP contribution in [-0.4, -0.2) is 22.5 Å². The summed E-state index contributed by atoms with van der Waals surface area (Å²) in [7, 11) is 0. The van der Waals surface area contributed by atoms with E-state index < -0.39 is 5.41 Å². The van der Waals surface area contributed by atoms with Crippen molar-refractivity contribution in [2.24, 2.45) is 22.2 Å². The van der Waals surface area contributed by atoms with Gasteiger partial charge < -0.3 is 16.3 Å². The van der Waals surface area contributed by atoms with Crippen LogP contribution in [0, 0.1) is 11.3 Å². The van der Waals surface area contributed by atoms with Gasteiger partial charge in [-0.1, -0.05) is 30.8 Å². The van der Waals surface area contributed by atoms with Crippen molar-refractivity contribution in [3.8, 4) is 0 Å². The van der Waals surface area contributed by atoms with Gasteiger partial charge in [-0.25, -0.2) is 0 Å². The van der Waals surface area contributed by atoms with Crippen molar-refractivity contribution in [2.75, 3.05) is 0 Å². The molecule has 20 heavy (non-hydrogen) atoms. The van der Waals surface area contributed by atoms with E-state index in [4.69, 9.17) is 10.9 Å². The second-order valence-electron chi connectivity index (χ2n) is 6.93. The first-order chi connectivity index (χ1) is 9.42. The number of nitrogens with zero attached hydrogens (tertiary/aromatic N) is 1. The summed E-state index contributed by atoms with van der Waals surface area (Å²) in [6, 6.07) is 0. The number of amidine groups is 1. The van der Waals surface area contributed by atoms with Crippen molar-refractivity contribution in [2.45, 2.75) is 70.8 Å². The Balaban J connectivity index is 2.19. The zero-order valence-electron chi connectivity index (χ0n) is 12.6. The maximum absolute atomic E-state index is 12.8. The number of hydrogen-bond donors (Lipinski definition) is 3. The average Bonchev–Trinajstić information content (AvgIpc) is 3.23. The molecule has 114 valence electrons. The highest BCUT2D eigenvalue weighted by Gasteiger charge is 2.47. The van der Waals surface area contributed by atoms with Gasteiger partial charge in [0.1, 0.15) is 5.41 Å². The third-order valence-electron chi connectivity index (χ3n) is 5.02. The Labute approximate surface area is 121 Å². The van der Waals surface area contributed by atoms with E-state index in [-0.39, 0.29) is 17.3 Å². The van der Waals surface area contributed by atoms with Crippen molar-refractivity contribution in [3.05, 3.63) is 0 Å². The molecule has 0 saturated heterocycles. The molecule has 5 heteroatoms. The average molecular weight is 281 g/mol. The molecule has 0 aromatic rings. The lowest BCUT2D eigenvalue weighted by Crippen LogP contribution is -2.56. The molecular formula is C15H27N3O2. The molecule has 0 spiro atoms. The van der Waals surface area contributed by atoms with Gasteiger partial charge in [0.05, 0.1) is 0 Å². The Morgan fingerprint density at radius 2 is 1.80 bits per heavy atom. The van der Waals surface area contributed by atoms with E-state index in [1.165, 1.54) is 12.8 Å². The first-order valence-corrected chi connectivity index (χ1v) is 7.73. The Morgan fingerprint density at radius 1 is 1.25 bits per heavy atom. The van der Waals surface area contributed by atoms with Crippen molar-refractivity contribution in [1.82, 2.24) is 5.32 Å². The lowest BCUT2D eigenvalue weighted by molar-refractivity contribution is -0.130. The van der Waals surface area contributed by atoms with Gasteiger partial charge in [-0.05, 0) is 45.4 Å². The topological polar surface area (TPSA) is 87.7 Å². The number of amides is 1. The van der Waals surface area contributed by atoms with E-state index in [0.29, 0.717) is 18.8 Å². The van der Waals surface area contributed by atoms with Gasteiger partial charge in [0, 0.05) is 5.54 Å². The minimum atomic E-state index is -0.822. The molecule has 0 aliphatic heterocycles. The van der Waals surface area contributed by atoms with Crippen LogP contribution >= 0.6 is 0 Å². The Kier molecular flexibility index (Phi) is 4.25. The van der Waals surface area contributed by atoms with Crippen LogP contribution in [0.4, 0.5) is 0 Å². The quantitative estimate of drug-likeness (QED) is 0.243. The minimum absolute atomic E-state index is 0.0633. The number of nitrogens with two attached hydrogens (primary N) is 1. The number of rotatable bonds is 4. The summed E-state index contributed by atoms with van der Waals surface area (Å²) in [6.07, 6.45) is 7.82. The van der Waals surface area contributed by atoms with Crippen molar-refractivity contribution in [1.29, 1.82) is 0 Å². The van der Waals surface area contributed by atoms with Gasteiger partial charge in [-0.15, -0.1) is 0 Å². The van der Waals surface area contributed by atoms with Gasteiger partial charge in [0.15, 0.2) is 5.84 Å². The summed E-state index contributed by atoms with van der Waals surface area (Å²) in [5, 5.41) is 15.4. The lowest BCUT2D eigenvalue weighted by Gasteiger charge is -2.35. The summed E-state index contributed by atoms with van der Waals surface area (Å²) >= 11 is 0. The summed E-state index contributed by atoms with van der Waals surface area (Å²) < 4.78 is 0. The fourth-order valence-electron chi connectivity index (χ4n) is 3.35. The molecular weight excluding hydrogens is 254 g/mol. The van der Waals surface area contributed by atoms with Crippen LogP contribution in [0.3, 0.4) is 0 Å². The Morgan fingerprint density at radius 3 is 2.25 bits per heavy atom. The molecule has 0 atom stereocenters. The third kappa shape index (κ3) is 2.91. The third-order valence-corrected chi connectivity index (χ3v) is 5.02. The van der Waals surface area contributed by atoms with E-state index in [1.54, 1.807) is 0 Å². The van der Waals surface area contributed by atoms with E-state index in [9.17, 15) is 4.79 Å². The van der Waals surface area contributed by atoms with Crippen LogP contribution in [0.2, 0.25) is 0 Å². The summed E-state index contributed by atoms with van der Waals surface area (Å²) in [4.78, 5) is 12.8. The molecule has 0 radical (unpaired) electrons. The van der Waals surface area contributed by atoms with Gasteiger partial charge in [-0.3, -0.25) is 4.79 Å². The predicted molar refractivity (Wildman–Crippen MR) is 78.5 cm³/mol. The molecule has 4 N–H and O–H groups in total. The van der Waals surface area contributed by atoms with Crippen LogP contribution in [0.5, 0.6) is 0 Å². The van der Waals surface area contributed by atoms with Crippen molar-refractivity contribution >= 4 is 11.7 Å². The number of nitrogens with one attached hydrogen (secondary N) is 1. The maximum atomic E-state index is 12.8. The zero-order valence-corrected chi connectivity index (χ0v) is 12.6. The molecule has 2 saturated carbocycles. The number of carbonyl (C=O) groups excluding carboxylic acids is 1. The number of hydrogen-bond acceptors (Lipinski definition) is 3. The minimum Gasteiger partial charge on any atom is -0.409 e. The van der Waals surface area contributed by atoms with Crippen LogP contribution < -0.4 is 11.1 Å². The van der Waals surface area contributed by atoms with Gasteiger partial charge >= 0.3 is 0 Å². The molecule has 5 nitrogen and oxygen atoms in total. The summed E-state index contributed by atoms with van der Waals surface area (Å²) in [6.45, 7) is 4.14. The molecule has 2 aliphatic rings. The monoisotopic (exact) mass is 281 g/mol. The Hall–Kier alpha value is -1.26. The highest BCUT2D eigenvalue weighted by atomic mass is 16.4. The SMILES string of the molecule is CC(C)(NC(=O)C1(C(N)=NO)CCCCCC1)C1CC1. The van der Waals surface area contributed by atoms with Gasteiger partial charge in [-0.2, -0.15) is 0 Å². The van der Waals surface area contributed by atoms with E-state index in [0.717, 1.165) is 25.7 Å². The van der Waals surface area contributed by atoms with E-state index in [2.05, 4.69) is 24.3 Å². The van der Waals surface area contributed by atoms with Crippen LogP contribution in [0.15, 0.2) is 5.16 Å². The zero-order chi connectivity index (χ0) is 14.8. The Bertz CT molecular complexity index is 392. The van der Waals surface area contributed by atoms with E-state index >= 15 is 0 Å². The van der Waals surface area contributed by atoms with Gasteiger partial charge in [0.2, 0.25) is 5.91 Å². The molecule has 2 rings (SSSR count).